The summed E-state index contributed by atoms with van der Waals surface area (Å²) in [6, 6.07) is 8.20. The molecule has 5 heterocycles. The van der Waals surface area contributed by atoms with Crippen LogP contribution in [0.2, 0.25) is 0 Å². The van der Waals surface area contributed by atoms with Crippen molar-refractivity contribution in [2.75, 3.05) is 77.6 Å². The van der Waals surface area contributed by atoms with E-state index in [0.717, 1.165) is 76.1 Å². The van der Waals surface area contributed by atoms with Gasteiger partial charge < -0.3 is 33.9 Å². The van der Waals surface area contributed by atoms with Crippen molar-refractivity contribution in [2.45, 2.75) is 51.6 Å². The molecule has 2 saturated heterocycles. The highest BCUT2D eigenvalue weighted by Crippen LogP contribution is 2.46. The van der Waals surface area contributed by atoms with Gasteiger partial charge in [0.15, 0.2) is 0 Å². The predicted octanol–water partition coefficient (Wildman–Crippen LogP) is 6.22. The van der Waals surface area contributed by atoms with E-state index >= 15 is 0 Å². The van der Waals surface area contributed by atoms with E-state index in [0.29, 0.717) is 73.3 Å². The number of para-hydroxylation sites is 1. The second-order valence-electron chi connectivity index (χ2n) is 14.3. The molecule has 3 aromatic heterocycles. The standard InChI is InChI=1S/C39H45ClF3N7O6S/c1-25-28(7-8-30(35(25)40)54-20-15-48-13-11-47(2)12-14-48)33-34-32(22-44-36(33)49-16-18-53-19-17-49)57-46-37(34)56-31(38(51)52)21-26-5-3-4-6-29(26)55-23-27-9-10-45-50(27)24-39(41,42)43/h3-6,9-10,22,31H,7-8,11-21,23-24H2,1-2H3,(H,51,52)/t31-/m1/s1. The van der Waals surface area contributed by atoms with Crippen molar-refractivity contribution >= 4 is 50.6 Å². The van der Waals surface area contributed by atoms with E-state index in [9.17, 15) is 23.1 Å². The van der Waals surface area contributed by atoms with Gasteiger partial charge in [-0.25, -0.2) is 9.78 Å². The second-order valence-corrected chi connectivity index (χ2v) is 15.4. The van der Waals surface area contributed by atoms with Gasteiger partial charge in [-0.15, -0.1) is 0 Å². The Morgan fingerprint density at radius 1 is 1.07 bits per heavy atom. The number of aliphatic carboxylic acids is 1. The van der Waals surface area contributed by atoms with Gasteiger partial charge in [0, 0.05) is 76.6 Å². The smallest absolute Gasteiger partial charge is 0.408 e. The van der Waals surface area contributed by atoms with Crippen LogP contribution in [0.5, 0.6) is 11.6 Å². The topological polar surface area (TPSA) is 128 Å². The molecule has 18 heteroatoms. The number of morpholine rings is 1. The molecular formula is C39H45ClF3N7O6S. The number of pyridine rings is 1. The van der Waals surface area contributed by atoms with Gasteiger partial charge in [-0.2, -0.15) is 22.6 Å². The number of benzene rings is 1. The zero-order valence-corrected chi connectivity index (χ0v) is 33.3. The number of allylic oxidation sites excluding steroid dienone is 4. The fourth-order valence-electron chi connectivity index (χ4n) is 7.25. The van der Waals surface area contributed by atoms with Crippen molar-refractivity contribution in [2.24, 2.45) is 0 Å². The number of piperazine rings is 1. The van der Waals surface area contributed by atoms with E-state index in [1.165, 1.54) is 12.3 Å². The number of carboxylic acid groups (broad SMARTS) is 1. The first-order chi connectivity index (χ1) is 27.4. The molecule has 0 spiro atoms. The summed E-state index contributed by atoms with van der Waals surface area (Å²) >= 11 is 8.24. The highest BCUT2D eigenvalue weighted by atomic mass is 35.5. The fourth-order valence-corrected chi connectivity index (χ4v) is 8.21. The van der Waals surface area contributed by atoms with Gasteiger partial charge >= 0.3 is 12.1 Å². The molecule has 1 aliphatic carbocycles. The highest BCUT2D eigenvalue weighted by Gasteiger charge is 2.32. The lowest BCUT2D eigenvalue weighted by Gasteiger charge is -2.33. The molecule has 1 N–H and O–H groups in total. The number of carboxylic acids is 1. The predicted molar refractivity (Wildman–Crippen MR) is 210 cm³/mol. The van der Waals surface area contributed by atoms with E-state index < -0.39 is 24.8 Å². The summed E-state index contributed by atoms with van der Waals surface area (Å²) < 4.78 is 69.7. The highest BCUT2D eigenvalue weighted by molar-refractivity contribution is 7.13. The Bertz CT molecular complexity index is 2110. The van der Waals surface area contributed by atoms with Crippen LogP contribution >= 0.6 is 23.1 Å². The lowest BCUT2D eigenvalue weighted by molar-refractivity contribution is -0.145. The van der Waals surface area contributed by atoms with Crippen LogP contribution in [0.1, 0.15) is 36.6 Å². The molecule has 3 aliphatic rings. The number of hydrogen-bond acceptors (Lipinski definition) is 12. The zero-order chi connectivity index (χ0) is 40.1. The van der Waals surface area contributed by atoms with E-state index in [4.69, 9.17) is 35.5 Å². The molecule has 306 valence electrons. The van der Waals surface area contributed by atoms with Crippen LogP contribution in [0.15, 0.2) is 59.1 Å². The van der Waals surface area contributed by atoms with Crippen molar-refractivity contribution < 1.29 is 42.0 Å². The number of alkyl halides is 3. The van der Waals surface area contributed by atoms with Crippen LogP contribution in [0.25, 0.3) is 15.7 Å². The summed E-state index contributed by atoms with van der Waals surface area (Å²) in [5.74, 6) is 0.691. The summed E-state index contributed by atoms with van der Waals surface area (Å²) in [5, 5.41) is 15.4. The SMILES string of the molecule is CC1=C(c2c(N3CCOCC3)ncc3snc(O[C@H](Cc4ccccc4OCc4ccnn4CC(F)(F)F)C(=O)O)c23)CCC(OCCN2CCN(C)CC2)=C1Cl. The molecule has 57 heavy (non-hydrogen) atoms. The summed E-state index contributed by atoms with van der Waals surface area (Å²) in [7, 11) is 2.13. The number of halogens is 4. The monoisotopic (exact) mass is 831 g/mol. The summed E-state index contributed by atoms with van der Waals surface area (Å²) in [5.41, 5.74) is 3.28. The Hall–Kier alpha value is -4.42. The minimum atomic E-state index is -4.46. The van der Waals surface area contributed by atoms with Gasteiger partial charge in [-0.05, 0) is 60.8 Å². The van der Waals surface area contributed by atoms with E-state index in [2.05, 4.69) is 31.2 Å². The van der Waals surface area contributed by atoms with Crippen LogP contribution in [0.4, 0.5) is 19.0 Å². The summed E-state index contributed by atoms with van der Waals surface area (Å²) in [6.07, 6.45) is -1.78. The molecular weight excluding hydrogens is 787 g/mol. The van der Waals surface area contributed by atoms with Crippen LogP contribution in [-0.2, 0) is 33.8 Å². The van der Waals surface area contributed by atoms with Crippen molar-refractivity contribution in [3.8, 4) is 11.6 Å². The number of likely N-dealkylation sites (N-methyl/N-ethyl adjacent to an activating group) is 1. The normalized spacial score (nSPS) is 18.0. The van der Waals surface area contributed by atoms with Gasteiger partial charge in [-0.3, -0.25) is 9.58 Å². The Labute approximate surface area is 337 Å². The molecule has 0 radical (unpaired) electrons. The van der Waals surface area contributed by atoms with E-state index in [1.807, 2.05) is 6.92 Å². The molecule has 0 saturated carbocycles. The van der Waals surface area contributed by atoms with Crippen LogP contribution in [0, 0.1) is 0 Å². The van der Waals surface area contributed by atoms with Gasteiger partial charge in [-0.1, -0.05) is 29.8 Å². The molecule has 0 amide bonds. The lowest BCUT2D eigenvalue weighted by atomic mass is 9.89. The largest absolute Gasteiger partial charge is 0.495 e. The molecule has 7 rings (SSSR count). The van der Waals surface area contributed by atoms with Crippen LogP contribution < -0.4 is 14.4 Å². The minimum Gasteiger partial charge on any atom is -0.495 e. The second kappa shape index (κ2) is 18.0. The fraction of sp³-hybridized carbons (Fsp3) is 0.487. The van der Waals surface area contributed by atoms with Crippen molar-refractivity contribution in [3.05, 3.63) is 75.9 Å². The van der Waals surface area contributed by atoms with Crippen molar-refractivity contribution in [1.82, 2.24) is 28.9 Å². The van der Waals surface area contributed by atoms with Crippen LogP contribution in [-0.4, -0.2) is 125 Å². The van der Waals surface area contributed by atoms with Gasteiger partial charge in [0.05, 0.1) is 34.0 Å². The molecule has 0 bridgehead atoms. The quantitative estimate of drug-likeness (QED) is 0.146. The van der Waals surface area contributed by atoms with Crippen molar-refractivity contribution in [1.29, 1.82) is 0 Å². The number of hydrogen-bond donors (Lipinski definition) is 1. The van der Waals surface area contributed by atoms with E-state index in [1.54, 1.807) is 30.5 Å². The Kier molecular flexibility index (Phi) is 12.9. The first kappa shape index (κ1) is 40.8. The summed E-state index contributed by atoms with van der Waals surface area (Å²) in [4.78, 5) is 24.6. The average molecular weight is 832 g/mol. The first-order valence-corrected chi connectivity index (χ1v) is 20.0. The summed E-state index contributed by atoms with van der Waals surface area (Å²) in [6.45, 7) is 8.20. The number of nitrogens with zero attached hydrogens (tertiary/aromatic N) is 7. The van der Waals surface area contributed by atoms with Crippen LogP contribution in [0.3, 0.4) is 0 Å². The first-order valence-electron chi connectivity index (χ1n) is 18.9. The third kappa shape index (κ3) is 9.83. The third-order valence-corrected chi connectivity index (χ3v) is 11.7. The molecule has 1 aromatic carbocycles. The maximum absolute atomic E-state index is 13.1. The lowest BCUT2D eigenvalue weighted by Crippen LogP contribution is -2.45. The average Bonchev–Trinajstić information content (AvgIpc) is 3.82. The Balaban J connectivity index is 1.16. The van der Waals surface area contributed by atoms with Gasteiger partial charge in [0.1, 0.15) is 37.1 Å². The zero-order valence-electron chi connectivity index (χ0n) is 31.8. The third-order valence-electron chi connectivity index (χ3n) is 10.4. The Morgan fingerprint density at radius 3 is 2.60 bits per heavy atom. The number of fused-ring (bicyclic) bond motifs is 1. The number of carbonyl (C=O) groups is 1. The van der Waals surface area contributed by atoms with Crippen molar-refractivity contribution in [3.63, 3.8) is 0 Å². The molecule has 2 fully saturated rings. The maximum atomic E-state index is 13.1. The number of ether oxygens (including phenoxy) is 4. The number of rotatable bonds is 15. The van der Waals surface area contributed by atoms with E-state index in [-0.39, 0.29) is 24.6 Å². The Morgan fingerprint density at radius 2 is 1.84 bits per heavy atom. The molecule has 2 aliphatic heterocycles. The molecule has 0 unspecified atom stereocenters. The maximum Gasteiger partial charge on any atom is 0.408 e. The molecule has 4 aromatic rings. The molecule has 13 nitrogen and oxygen atoms in total. The number of anilines is 1. The molecule has 1 atom stereocenters. The van der Waals surface area contributed by atoms with Gasteiger partial charge in [0.2, 0.25) is 12.0 Å². The minimum absolute atomic E-state index is 0.117. The number of aromatic nitrogens is 4. The van der Waals surface area contributed by atoms with Gasteiger partial charge in [0.25, 0.3) is 0 Å².